The first-order valence-electron chi connectivity index (χ1n) is 9.38. The molecule has 8 nitrogen and oxygen atoms in total. The fraction of sp³-hybridized carbons (Fsp3) is 0.286. The largest absolute Gasteiger partial charge is 0.493 e. The maximum Gasteiger partial charge on any atom is 0.315 e. The molecule has 2 aromatic carbocycles. The second-order valence-electron chi connectivity index (χ2n) is 6.74. The third-order valence-corrected chi connectivity index (χ3v) is 6.59. The highest BCUT2D eigenvalue weighted by Crippen LogP contribution is 2.28. The zero-order valence-electron chi connectivity index (χ0n) is 17.1. The number of aryl methyl sites for hydroxylation is 1. The molecule has 2 amide bonds. The minimum Gasteiger partial charge on any atom is -0.493 e. The molecule has 0 aliphatic rings. The van der Waals surface area contributed by atoms with E-state index in [4.69, 9.17) is 9.47 Å². The highest BCUT2D eigenvalue weighted by atomic mass is 32.2. The monoisotopic (exact) mass is 431 g/mol. The SMILES string of the molecule is COc1ccc(CNC(=O)NCCS(=O)(=O)c2c(C)[nH]c3ccccc23)cc1OC. The molecule has 0 radical (unpaired) electrons. The van der Waals surface area contributed by atoms with Gasteiger partial charge < -0.3 is 25.1 Å². The molecule has 30 heavy (non-hydrogen) atoms. The van der Waals surface area contributed by atoms with Crippen molar-refractivity contribution in [2.24, 2.45) is 0 Å². The van der Waals surface area contributed by atoms with Crippen LogP contribution in [0.25, 0.3) is 10.9 Å². The van der Waals surface area contributed by atoms with E-state index >= 15 is 0 Å². The summed E-state index contributed by atoms with van der Waals surface area (Å²) in [7, 11) is -0.468. The lowest BCUT2D eigenvalue weighted by molar-refractivity contribution is 0.241. The Kier molecular flexibility index (Phi) is 6.51. The summed E-state index contributed by atoms with van der Waals surface area (Å²) < 4.78 is 36.0. The number of carbonyl (C=O) groups is 1. The van der Waals surface area contributed by atoms with E-state index in [1.807, 2.05) is 18.2 Å². The van der Waals surface area contributed by atoms with Crippen molar-refractivity contribution in [1.82, 2.24) is 15.6 Å². The van der Waals surface area contributed by atoms with Gasteiger partial charge in [0.05, 0.1) is 24.9 Å². The van der Waals surface area contributed by atoms with Crippen LogP contribution in [0.2, 0.25) is 0 Å². The van der Waals surface area contributed by atoms with Crippen molar-refractivity contribution < 1.29 is 22.7 Å². The van der Waals surface area contributed by atoms with E-state index in [0.29, 0.717) is 22.6 Å². The Balaban J connectivity index is 1.56. The fourth-order valence-corrected chi connectivity index (χ4v) is 4.89. The van der Waals surface area contributed by atoms with E-state index in [-0.39, 0.29) is 23.7 Å². The zero-order chi connectivity index (χ0) is 21.7. The van der Waals surface area contributed by atoms with Gasteiger partial charge in [-0.15, -0.1) is 0 Å². The molecule has 0 aliphatic heterocycles. The lowest BCUT2D eigenvalue weighted by atomic mass is 10.2. The van der Waals surface area contributed by atoms with E-state index in [2.05, 4.69) is 15.6 Å². The summed E-state index contributed by atoms with van der Waals surface area (Å²) in [5, 5.41) is 5.96. The standard InChI is InChI=1S/C21H25N3O5S/c1-14-20(16-6-4-5-7-17(16)24-14)30(26,27)11-10-22-21(25)23-13-15-8-9-18(28-2)19(12-15)29-3/h4-9,12,24H,10-11,13H2,1-3H3,(H2,22,23,25). The number of aromatic amines is 1. The smallest absolute Gasteiger partial charge is 0.315 e. The van der Waals surface area contributed by atoms with Crippen LogP contribution in [0.5, 0.6) is 11.5 Å². The maximum atomic E-state index is 12.8. The second kappa shape index (κ2) is 9.08. The van der Waals surface area contributed by atoms with Gasteiger partial charge in [-0.25, -0.2) is 13.2 Å². The first-order valence-corrected chi connectivity index (χ1v) is 11.0. The predicted molar refractivity (Wildman–Crippen MR) is 115 cm³/mol. The number of nitrogens with one attached hydrogen (secondary N) is 3. The summed E-state index contributed by atoms with van der Waals surface area (Å²) in [6, 6.07) is 12.1. The molecule has 0 saturated carbocycles. The van der Waals surface area contributed by atoms with Gasteiger partial charge in [-0.2, -0.15) is 0 Å². The molecule has 1 heterocycles. The number of methoxy groups -OCH3 is 2. The molecule has 160 valence electrons. The van der Waals surface area contributed by atoms with E-state index in [0.717, 1.165) is 11.1 Å². The number of hydrogen-bond acceptors (Lipinski definition) is 5. The summed E-state index contributed by atoms with van der Waals surface area (Å²) in [5.41, 5.74) is 2.19. The molecule has 0 atom stereocenters. The Morgan fingerprint density at radius 2 is 1.77 bits per heavy atom. The molecule has 1 aromatic heterocycles. The molecule has 3 N–H and O–H groups in total. The van der Waals surface area contributed by atoms with Crippen LogP contribution >= 0.6 is 0 Å². The summed E-state index contributed by atoms with van der Waals surface area (Å²) >= 11 is 0. The number of para-hydroxylation sites is 1. The van der Waals surface area contributed by atoms with Crippen molar-refractivity contribution in [2.45, 2.75) is 18.4 Å². The normalized spacial score (nSPS) is 11.3. The zero-order valence-corrected chi connectivity index (χ0v) is 17.9. The molecule has 0 saturated heterocycles. The molecule has 0 unspecified atom stereocenters. The summed E-state index contributed by atoms with van der Waals surface area (Å²) in [6.07, 6.45) is 0. The molecular formula is C21H25N3O5S. The van der Waals surface area contributed by atoms with Crippen LogP contribution in [0.3, 0.4) is 0 Å². The number of sulfone groups is 1. The second-order valence-corrected chi connectivity index (χ2v) is 8.79. The number of aromatic nitrogens is 1. The Bertz CT molecular complexity index is 1150. The van der Waals surface area contributed by atoms with Crippen molar-refractivity contribution in [3.8, 4) is 11.5 Å². The summed E-state index contributed by atoms with van der Waals surface area (Å²) in [6.45, 7) is 2.00. The first-order chi connectivity index (χ1) is 14.4. The number of H-pyrrole nitrogens is 1. The van der Waals surface area contributed by atoms with Crippen molar-refractivity contribution in [2.75, 3.05) is 26.5 Å². The maximum absolute atomic E-state index is 12.8. The van der Waals surface area contributed by atoms with Gasteiger partial charge in [0, 0.05) is 29.7 Å². The molecule has 9 heteroatoms. The van der Waals surface area contributed by atoms with Gasteiger partial charge >= 0.3 is 6.03 Å². The number of urea groups is 1. The third-order valence-electron chi connectivity index (χ3n) is 4.70. The van der Waals surface area contributed by atoms with Gasteiger partial charge in [0.2, 0.25) is 0 Å². The molecule has 0 aliphatic carbocycles. The lowest BCUT2D eigenvalue weighted by Gasteiger charge is -2.11. The Morgan fingerprint density at radius 3 is 2.50 bits per heavy atom. The number of rotatable bonds is 8. The van der Waals surface area contributed by atoms with Crippen molar-refractivity contribution in [3.63, 3.8) is 0 Å². The van der Waals surface area contributed by atoms with E-state index in [1.165, 1.54) is 7.11 Å². The highest BCUT2D eigenvalue weighted by Gasteiger charge is 2.22. The van der Waals surface area contributed by atoms with E-state index in [1.54, 1.807) is 38.3 Å². The van der Waals surface area contributed by atoms with Crippen molar-refractivity contribution in [3.05, 3.63) is 53.7 Å². The van der Waals surface area contributed by atoms with Crippen LogP contribution in [-0.4, -0.2) is 46.0 Å². The molecular weight excluding hydrogens is 406 g/mol. The minimum absolute atomic E-state index is 0.000945. The number of ether oxygens (including phenoxy) is 2. The molecule has 0 fully saturated rings. The van der Waals surface area contributed by atoms with Gasteiger partial charge in [0.1, 0.15) is 0 Å². The van der Waals surface area contributed by atoms with Gasteiger partial charge in [0.15, 0.2) is 21.3 Å². The van der Waals surface area contributed by atoms with Crippen LogP contribution in [0, 0.1) is 6.92 Å². The average Bonchev–Trinajstić information content (AvgIpc) is 3.08. The quantitative estimate of drug-likeness (QED) is 0.508. The van der Waals surface area contributed by atoms with Crippen molar-refractivity contribution >= 4 is 26.8 Å². The summed E-state index contributed by atoms with van der Waals surface area (Å²) in [4.78, 5) is 15.4. The van der Waals surface area contributed by atoms with Crippen molar-refractivity contribution in [1.29, 1.82) is 0 Å². The van der Waals surface area contributed by atoms with Gasteiger partial charge in [-0.3, -0.25) is 0 Å². The Hall–Kier alpha value is -3.20. The van der Waals surface area contributed by atoms with Gasteiger partial charge in [-0.05, 0) is 30.7 Å². The number of fused-ring (bicyclic) bond motifs is 1. The molecule has 0 spiro atoms. The average molecular weight is 432 g/mol. The fourth-order valence-electron chi connectivity index (χ4n) is 3.29. The van der Waals surface area contributed by atoms with E-state index < -0.39 is 15.9 Å². The molecule has 3 aromatic rings. The van der Waals surface area contributed by atoms with Crippen LogP contribution in [0.4, 0.5) is 4.79 Å². The van der Waals surface area contributed by atoms with Crippen LogP contribution in [0.1, 0.15) is 11.3 Å². The minimum atomic E-state index is -3.56. The van der Waals surface area contributed by atoms with Crippen LogP contribution < -0.4 is 20.1 Å². The number of hydrogen-bond donors (Lipinski definition) is 3. The topological polar surface area (TPSA) is 110 Å². The van der Waals surface area contributed by atoms with Gasteiger partial charge in [-0.1, -0.05) is 24.3 Å². The van der Waals surface area contributed by atoms with Crippen LogP contribution in [-0.2, 0) is 16.4 Å². The summed E-state index contributed by atoms with van der Waals surface area (Å²) in [5.74, 6) is 0.973. The Morgan fingerprint density at radius 1 is 1.03 bits per heavy atom. The van der Waals surface area contributed by atoms with E-state index in [9.17, 15) is 13.2 Å². The number of amides is 2. The molecule has 3 rings (SSSR count). The number of carbonyl (C=O) groups excluding carboxylic acids is 1. The third kappa shape index (κ3) is 4.68. The predicted octanol–water partition coefficient (Wildman–Crippen LogP) is 2.77. The lowest BCUT2D eigenvalue weighted by Crippen LogP contribution is -2.37. The Labute approximate surface area is 175 Å². The first kappa shape index (κ1) is 21.5. The van der Waals surface area contributed by atoms with Gasteiger partial charge in [0.25, 0.3) is 0 Å². The number of benzene rings is 2. The highest BCUT2D eigenvalue weighted by molar-refractivity contribution is 7.91. The molecule has 0 bridgehead atoms. The van der Waals surface area contributed by atoms with Crippen LogP contribution in [0.15, 0.2) is 47.4 Å².